The second-order valence-corrected chi connectivity index (χ2v) is 9.74. The van der Waals surface area contributed by atoms with E-state index < -0.39 is 0 Å². The average molecular weight is 436 g/mol. The van der Waals surface area contributed by atoms with Gasteiger partial charge in [-0.2, -0.15) is 5.26 Å². The van der Waals surface area contributed by atoms with Gasteiger partial charge in [0.1, 0.15) is 16.9 Å². The third kappa shape index (κ3) is 3.87. The molecule has 2 aromatic heterocycles. The number of nitrogens with zero attached hydrogens (tertiary/aromatic N) is 4. The first-order chi connectivity index (χ1) is 14.7. The van der Waals surface area contributed by atoms with E-state index in [9.17, 15) is 10.1 Å². The van der Waals surface area contributed by atoms with Crippen molar-refractivity contribution in [2.24, 2.45) is 0 Å². The van der Waals surface area contributed by atoms with Crippen LogP contribution in [0.2, 0.25) is 0 Å². The zero-order valence-electron chi connectivity index (χ0n) is 16.4. The number of rotatable bonds is 7. The van der Waals surface area contributed by atoms with Crippen LogP contribution in [0, 0.1) is 11.3 Å². The summed E-state index contributed by atoms with van der Waals surface area (Å²) in [5.74, 6) is 1.63. The van der Waals surface area contributed by atoms with Crippen LogP contribution in [-0.4, -0.2) is 26.4 Å². The lowest BCUT2D eigenvalue weighted by Gasteiger charge is -2.10. The van der Waals surface area contributed by atoms with Gasteiger partial charge < -0.3 is 9.88 Å². The molecule has 6 nitrogen and oxygen atoms in total. The molecule has 0 radical (unpaired) electrons. The number of thioether (sulfide) groups is 1. The van der Waals surface area contributed by atoms with Gasteiger partial charge in [0.05, 0.1) is 17.9 Å². The number of hydrogen-bond donors (Lipinski definition) is 1. The second-order valence-electron chi connectivity index (χ2n) is 7.70. The molecule has 1 amide bonds. The summed E-state index contributed by atoms with van der Waals surface area (Å²) in [6, 6.07) is 12.5. The summed E-state index contributed by atoms with van der Waals surface area (Å²) in [5.41, 5.74) is 2.97. The molecule has 1 aromatic carbocycles. The summed E-state index contributed by atoms with van der Waals surface area (Å²) >= 11 is 2.95. The van der Waals surface area contributed by atoms with E-state index in [0.717, 1.165) is 48.6 Å². The van der Waals surface area contributed by atoms with Crippen molar-refractivity contribution in [2.75, 3.05) is 11.1 Å². The fraction of sp³-hybridized carbons (Fsp3) is 0.364. The molecule has 2 aliphatic rings. The van der Waals surface area contributed by atoms with Gasteiger partial charge in [-0.1, -0.05) is 42.1 Å². The molecule has 1 N–H and O–H groups in total. The van der Waals surface area contributed by atoms with Gasteiger partial charge in [0.25, 0.3) is 0 Å². The van der Waals surface area contributed by atoms with Crippen LogP contribution in [0.1, 0.15) is 52.6 Å². The average Bonchev–Trinajstić information content (AvgIpc) is 3.22. The highest BCUT2D eigenvalue weighted by Crippen LogP contribution is 2.41. The van der Waals surface area contributed by atoms with Gasteiger partial charge in [-0.15, -0.1) is 21.5 Å². The quantitative estimate of drug-likeness (QED) is 0.558. The highest BCUT2D eigenvalue weighted by molar-refractivity contribution is 7.99. The molecule has 0 spiro atoms. The van der Waals surface area contributed by atoms with E-state index >= 15 is 0 Å². The lowest BCUT2D eigenvalue weighted by molar-refractivity contribution is -0.113. The Morgan fingerprint density at radius 3 is 2.87 bits per heavy atom. The van der Waals surface area contributed by atoms with Crippen molar-refractivity contribution in [1.29, 1.82) is 5.26 Å². The zero-order valence-corrected chi connectivity index (χ0v) is 18.1. The van der Waals surface area contributed by atoms with E-state index in [0.29, 0.717) is 23.0 Å². The monoisotopic (exact) mass is 435 g/mol. The summed E-state index contributed by atoms with van der Waals surface area (Å²) < 4.78 is 2.14. The number of anilines is 1. The fourth-order valence-electron chi connectivity index (χ4n) is 3.87. The van der Waals surface area contributed by atoms with Gasteiger partial charge >= 0.3 is 0 Å². The van der Waals surface area contributed by atoms with Crippen molar-refractivity contribution < 1.29 is 4.79 Å². The molecule has 0 unspecified atom stereocenters. The Morgan fingerprint density at radius 1 is 1.27 bits per heavy atom. The van der Waals surface area contributed by atoms with Crippen LogP contribution in [-0.2, 0) is 24.2 Å². The van der Waals surface area contributed by atoms with Gasteiger partial charge in [-0.05, 0) is 43.2 Å². The molecule has 0 saturated heterocycles. The maximum absolute atomic E-state index is 12.6. The SMILES string of the molecule is N#Cc1c(NC(=O)CSc2nnc(C3CC3)n2Cc2ccccc2)sc2c1CCC2. The minimum atomic E-state index is -0.112. The number of aryl methyl sites for hydroxylation is 1. The van der Waals surface area contributed by atoms with Crippen molar-refractivity contribution >= 4 is 34.0 Å². The van der Waals surface area contributed by atoms with Crippen molar-refractivity contribution in [3.63, 3.8) is 0 Å². The number of benzene rings is 1. The molecule has 5 rings (SSSR count). The predicted molar refractivity (Wildman–Crippen MR) is 118 cm³/mol. The summed E-state index contributed by atoms with van der Waals surface area (Å²) in [6.45, 7) is 0.708. The van der Waals surface area contributed by atoms with Gasteiger partial charge in [0.2, 0.25) is 5.91 Å². The number of carbonyl (C=O) groups excluding carboxylic acids is 1. The van der Waals surface area contributed by atoms with Crippen LogP contribution >= 0.6 is 23.1 Å². The van der Waals surface area contributed by atoms with Crippen LogP contribution < -0.4 is 5.32 Å². The molecule has 152 valence electrons. The van der Waals surface area contributed by atoms with Crippen LogP contribution in [0.15, 0.2) is 35.5 Å². The minimum absolute atomic E-state index is 0.112. The largest absolute Gasteiger partial charge is 0.316 e. The van der Waals surface area contributed by atoms with E-state index in [1.807, 2.05) is 18.2 Å². The van der Waals surface area contributed by atoms with Crippen molar-refractivity contribution in [3.8, 4) is 6.07 Å². The van der Waals surface area contributed by atoms with Crippen molar-refractivity contribution in [2.45, 2.75) is 49.7 Å². The maximum atomic E-state index is 12.6. The molecule has 2 heterocycles. The Labute approximate surface area is 183 Å². The third-order valence-corrected chi connectivity index (χ3v) is 7.66. The lowest BCUT2D eigenvalue weighted by atomic mass is 10.1. The second kappa shape index (κ2) is 8.25. The standard InChI is InChI=1S/C22H21N5OS2/c23-11-17-16-7-4-8-18(16)30-21(17)24-19(28)13-29-22-26-25-20(15-9-10-15)27(22)12-14-5-2-1-3-6-14/h1-3,5-6,15H,4,7-10,12-13H2,(H,24,28). The van der Waals surface area contributed by atoms with Gasteiger partial charge in [0, 0.05) is 10.8 Å². The van der Waals surface area contributed by atoms with Gasteiger partial charge in [-0.3, -0.25) is 4.79 Å². The summed E-state index contributed by atoms with van der Waals surface area (Å²) in [4.78, 5) is 13.9. The molecular weight excluding hydrogens is 414 g/mol. The number of carbonyl (C=O) groups is 1. The van der Waals surface area contributed by atoms with Crippen LogP contribution in [0.5, 0.6) is 0 Å². The van der Waals surface area contributed by atoms with Crippen LogP contribution in [0.4, 0.5) is 5.00 Å². The molecule has 1 fully saturated rings. The van der Waals surface area contributed by atoms with Gasteiger partial charge in [0.15, 0.2) is 5.16 Å². The minimum Gasteiger partial charge on any atom is -0.316 e. The Bertz CT molecular complexity index is 1120. The smallest absolute Gasteiger partial charge is 0.235 e. The zero-order chi connectivity index (χ0) is 20.5. The Morgan fingerprint density at radius 2 is 2.10 bits per heavy atom. The van der Waals surface area contributed by atoms with Crippen molar-refractivity contribution in [3.05, 3.63) is 57.7 Å². The first kappa shape index (κ1) is 19.3. The first-order valence-corrected chi connectivity index (χ1v) is 12.0. The first-order valence-electron chi connectivity index (χ1n) is 10.2. The summed E-state index contributed by atoms with van der Waals surface area (Å²) in [6.07, 6.45) is 5.34. The summed E-state index contributed by atoms with van der Waals surface area (Å²) in [7, 11) is 0. The highest BCUT2D eigenvalue weighted by atomic mass is 32.2. The topological polar surface area (TPSA) is 83.6 Å². The van der Waals surface area contributed by atoms with Crippen LogP contribution in [0.3, 0.4) is 0 Å². The molecule has 8 heteroatoms. The Hall–Kier alpha value is -2.63. The predicted octanol–water partition coefficient (Wildman–Crippen LogP) is 4.36. The molecular formula is C22H21N5OS2. The third-order valence-electron chi connectivity index (χ3n) is 5.49. The van der Waals surface area contributed by atoms with Gasteiger partial charge in [-0.25, -0.2) is 0 Å². The van der Waals surface area contributed by atoms with Crippen LogP contribution in [0.25, 0.3) is 0 Å². The number of aromatic nitrogens is 3. The molecule has 0 atom stereocenters. The lowest BCUT2D eigenvalue weighted by Crippen LogP contribution is -2.15. The number of hydrogen-bond acceptors (Lipinski definition) is 6. The summed E-state index contributed by atoms with van der Waals surface area (Å²) in [5, 5.41) is 22.7. The molecule has 0 bridgehead atoms. The van der Waals surface area contributed by atoms with E-state index in [1.54, 1.807) is 11.3 Å². The number of fused-ring (bicyclic) bond motifs is 1. The molecule has 3 aromatic rings. The van der Waals surface area contributed by atoms with E-state index in [1.165, 1.54) is 22.2 Å². The maximum Gasteiger partial charge on any atom is 0.235 e. The Kier molecular flexibility index (Phi) is 5.32. The van der Waals surface area contributed by atoms with E-state index in [4.69, 9.17) is 0 Å². The Balaban J connectivity index is 1.29. The molecule has 1 saturated carbocycles. The highest BCUT2D eigenvalue weighted by Gasteiger charge is 2.30. The van der Waals surface area contributed by atoms with E-state index in [-0.39, 0.29) is 11.7 Å². The number of nitrogens with one attached hydrogen (secondary N) is 1. The molecule has 30 heavy (non-hydrogen) atoms. The molecule has 0 aliphatic heterocycles. The van der Waals surface area contributed by atoms with Crippen molar-refractivity contribution in [1.82, 2.24) is 14.8 Å². The number of amides is 1. The normalized spacial score (nSPS) is 15.0. The van der Waals surface area contributed by atoms with E-state index in [2.05, 4.69) is 38.3 Å². The number of thiophene rings is 1. The molecule has 2 aliphatic carbocycles. The fourth-order valence-corrected chi connectivity index (χ4v) is 5.87. The number of nitriles is 1.